The van der Waals surface area contributed by atoms with E-state index in [2.05, 4.69) is 10.1 Å². The monoisotopic (exact) mass is 389 g/mol. The highest BCUT2D eigenvalue weighted by atomic mass is 16.2. The average Bonchev–Trinajstić information content (AvgIpc) is 2.74. The van der Waals surface area contributed by atoms with E-state index < -0.39 is 0 Å². The summed E-state index contributed by atoms with van der Waals surface area (Å²) in [6, 6.07) is 12.9. The minimum Gasteiger partial charge on any atom is -0.378 e. The van der Waals surface area contributed by atoms with Crippen LogP contribution < -0.4 is 10.5 Å². The van der Waals surface area contributed by atoms with Crippen molar-refractivity contribution in [1.29, 1.82) is 0 Å². The lowest BCUT2D eigenvalue weighted by Gasteiger charge is -2.28. The fourth-order valence-corrected chi connectivity index (χ4v) is 3.48. The van der Waals surface area contributed by atoms with Gasteiger partial charge in [0.1, 0.15) is 0 Å². The summed E-state index contributed by atoms with van der Waals surface area (Å²) >= 11 is 0. The number of carbonyl (C=O) groups excluding carboxylic acids is 1. The summed E-state index contributed by atoms with van der Waals surface area (Å²) in [7, 11) is 3.93. The topological polar surface area (TPSA) is 71.3 Å². The summed E-state index contributed by atoms with van der Waals surface area (Å²) in [5, 5.41) is 4.54. The van der Waals surface area contributed by atoms with Crippen LogP contribution >= 0.6 is 0 Å². The molecule has 0 radical (unpaired) electrons. The van der Waals surface area contributed by atoms with Crippen molar-refractivity contribution in [3.05, 3.63) is 87.6 Å². The number of hydrogen-bond acceptors (Lipinski definition) is 5. The van der Waals surface area contributed by atoms with Crippen molar-refractivity contribution in [3.8, 4) is 0 Å². The number of fused-ring (bicyclic) bond motifs is 1. The van der Waals surface area contributed by atoms with Crippen LogP contribution in [0.1, 0.15) is 27.2 Å². The standard InChI is InChI=1S/C22H23N5O2/c1-25(2)19-7-5-17(6-8-19)22(29)26-11-9-20-18(15-26)12-21(28)27(24-20)14-16-4-3-10-23-13-16/h3-8,10,12-13H,9,11,14-15H2,1-2H3. The highest BCUT2D eigenvalue weighted by Crippen LogP contribution is 2.19. The van der Waals surface area contributed by atoms with E-state index in [0.29, 0.717) is 31.6 Å². The molecule has 3 aromatic rings. The Hall–Kier alpha value is -3.48. The highest BCUT2D eigenvalue weighted by Gasteiger charge is 2.24. The third-order valence-corrected chi connectivity index (χ3v) is 5.12. The van der Waals surface area contributed by atoms with Crippen molar-refractivity contribution in [3.63, 3.8) is 0 Å². The SMILES string of the molecule is CN(C)c1ccc(C(=O)N2CCc3nn(Cc4cccnc4)c(=O)cc3C2)cc1. The Morgan fingerprint density at radius 2 is 1.97 bits per heavy atom. The van der Waals surface area contributed by atoms with Crippen LogP contribution in [0.25, 0.3) is 0 Å². The Balaban J connectivity index is 1.52. The molecule has 0 unspecified atom stereocenters. The number of anilines is 1. The Kier molecular flexibility index (Phi) is 5.12. The Bertz CT molecular complexity index is 1070. The molecule has 1 aromatic carbocycles. The van der Waals surface area contributed by atoms with Crippen molar-refractivity contribution in [2.24, 2.45) is 0 Å². The lowest BCUT2D eigenvalue weighted by molar-refractivity contribution is 0.0732. The molecular formula is C22H23N5O2. The minimum atomic E-state index is -0.169. The first-order valence-electron chi connectivity index (χ1n) is 9.57. The molecule has 7 nitrogen and oxygen atoms in total. The summed E-state index contributed by atoms with van der Waals surface area (Å²) in [6.45, 7) is 1.37. The van der Waals surface area contributed by atoms with Gasteiger partial charge < -0.3 is 9.80 Å². The lowest BCUT2D eigenvalue weighted by Crippen LogP contribution is -2.38. The molecular weight excluding hydrogens is 366 g/mol. The number of benzene rings is 1. The van der Waals surface area contributed by atoms with Gasteiger partial charge in [-0.05, 0) is 35.9 Å². The number of amides is 1. The molecule has 4 rings (SSSR count). The molecule has 0 fully saturated rings. The van der Waals surface area contributed by atoms with E-state index in [1.54, 1.807) is 23.4 Å². The van der Waals surface area contributed by atoms with E-state index in [9.17, 15) is 9.59 Å². The molecule has 1 aliphatic heterocycles. The number of rotatable bonds is 4. The van der Waals surface area contributed by atoms with Crippen molar-refractivity contribution >= 4 is 11.6 Å². The van der Waals surface area contributed by atoms with Gasteiger partial charge in [0, 0.05) is 68.9 Å². The second-order valence-electron chi connectivity index (χ2n) is 7.39. The van der Waals surface area contributed by atoms with Gasteiger partial charge in [0.2, 0.25) is 0 Å². The smallest absolute Gasteiger partial charge is 0.267 e. The van der Waals surface area contributed by atoms with E-state index >= 15 is 0 Å². The van der Waals surface area contributed by atoms with Gasteiger partial charge in [-0.25, -0.2) is 4.68 Å². The van der Waals surface area contributed by atoms with Gasteiger partial charge in [-0.15, -0.1) is 0 Å². The Morgan fingerprint density at radius 3 is 2.66 bits per heavy atom. The molecule has 0 saturated heterocycles. The van der Waals surface area contributed by atoms with Crippen molar-refractivity contribution in [2.75, 3.05) is 25.5 Å². The fourth-order valence-electron chi connectivity index (χ4n) is 3.48. The molecule has 1 amide bonds. The van der Waals surface area contributed by atoms with Crippen molar-refractivity contribution < 1.29 is 4.79 Å². The van der Waals surface area contributed by atoms with Gasteiger partial charge in [-0.3, -0.25) is 14.6 Å². The van der Waals surface area contributed by atoms with Crippen LogP contribution in [-0.4, -0.2) is 46.2 Å². The van der Waals surface area contributed by atoms with Gasteiger partial charge in [-0.2, -0.15) is 5.10 Å². The quantitative estimate of drug-likeness (QED) is 0.682. The van der Waals surface area contributed by atoms with Gasteiger partial charge >= 0.3 is 0 Å². The van der Waals surface area contributed by atoms with Crippen LogP contribution in [-0.2, 0) is 19.5 Å². The normalized spacial score (nSPS) is 13.1. The molecule has 3 heterocycles. The van der Waals surface area contributed by atoms with Crippen LogP contribution in [0.15, 0.2) is 59.7 Å². The van der Waals surface area contributed by atoms with Crippen molar-refractivity contribution in [1.82, 2.24) is 19.7 Å². The molecule has 29 heavy (non-hydrogen) atoms. The molecule has 0 spiro atoms. The zero-order valence-corrected chi connectivity index (χ0v) is 16.6. The molecule has 1 aliphatic rings. The molecule has 0 N–H and O–H groups in total. The second kappa shape index (κ2) is 7.87. The summed E-state index contributed by atoms with van der Waals surface area (Å²) in [4.78, 5) is 33.3. The van der Waals surface area contributed by atoms with E-state index in [-0.39, 0.29) is 11.5 Å². The Labute approximate surface area is 169 Å². The van der Waals surface area contributed by atoms with Crippen LogP contribution in [0.4, 0.5) is 5.69 Å². The molecule has 0 saturated carbocycles. The first-order chi connectivity index (χ1) is 14.0. The molecule has 2 aromatic heterocycles. The summed E-state index contributed by atoms with van der Waals surface area (Å²) in [6.07, 6.45) is 4.06. The maximum atomic E-state index is 12.9. The number of hydrogen-bond donors (Lipinski definition) is 0. The van der Waals surface area contributed by atoms with E-state index in [1.165, 1.54) is 4.68 Å². The van der Waals surface area contributed by atoms with Crippen LogP contribution in [0.5, 0.6) is 0 Å². The van der Waals surface area contributed by atoms with Gasteiger partial charge in [0.05, 0.1) is 12.2 Å². The zero-order chi connectivity index (χ0) is 20.4. The first kappa shape index (κ1) is 18.9. The molecule has 0 bridgehead atoms. The third kappa shape index (κ3) is 4.03. The molecule has 148 valence electrons. The Morgan fingerprint density at radius 1 is 1.17 bits per heavy atom. The number of pyridine rings is 1. The van der Waals surface area contributed by atoms with Crippen LogP contribution in [0, 0.1) is 0 Å². The van der Waals surface area contributed by atoms with E-state index in [1.807, 2.05) is 55.4 Å². The van der Waals surface area contributed by atoms with E-state index in [4.69, 9.17) is 0 Å². The first-order valence-corrected chi connectivity index (χ1v) is 9.57. The van der Waals surface area contributed by atoms with Crippen molar-refractivity contribution in [2.45, 2.75) is 19.5 Å². The number of carbonyl (C=O) groups is 1. The summed E-state index contributed by atoms with van der Waals surface area (Å²) in [5.41, 5.74) is 4.15. The summed E-state index contributed by atoms with van der Waals surface area (Å²) < 4.78 is 1.47. The van der Waals surface area contributed by atoms with Gasteiger partial charge in [0.15, 0.2) is 0 Å². The number of nitrogens with zero attached hydrogens (tertiary/aromatic N) is 5. The molecule has 7 heteroatoms. The lowest BCUT2D eigenvalue weighted by atomic mass is 10.0. The maximum Gasteiger partial charge on any atom is 0.267 e. The molecule has 0 aliphatic carbocycles. The molecule has 0 atom stereocenters. The highest BCUT2D eigenvalue weighted by molar-refractivity contribution is 5.94. The van der Waals surface area contributed by atoms with Gasteiger partial charge in [-0.1, -0.05) is 6.07 Å². The third-order valence-electron chi connectivity index (χ3n) is 5.12. The fraction of sp³-hybridized carbons (Fsp3) is 0.273. The van der Waals surface area contributed by atoms with E-state index in [0.717, 1.165) is 22.5 Å². The zero-order valence-electron chi connectivity index (χ0n) is 16.6. The minimum absolute atomic E-state index is 0.0273. The average molecular weight is 389 g/mol. The largest absolute Gasteiger partial charge is 0.378 e. The van der Waals surface area contributed by atoms with Gasteiger partial charge in [0.25, 0.3) is 11.5 Å². The predicted molar refractivity (Wildman–Crippen MR) is 111 cm³/mol. The second-order valence-corrected chi connectivity index (χ2v) is 7.39. The maximum absolute atomic E-state index is 12.9. The number of aromatic nitrogens is 3. The predicted octanol–water partition coefficient (Wildman–Crippen LogP) is 1.95. The summed E-state index contributed by atoms with van der Waals surface area (Å²) in [5.74, 6) is -0.0273. The van der Waals surface area contributed by atoms with Crippen LogP contribution in [0.2, 0.25) is 0 Å². The van der Waals surface area contributed by atoms with Crippen LogP contribution in [0.3, 0.4) is 0 Å².